The van der Waals surface area contributed by atoms with E-state index in [0.29, 0.717) is 13.1 Å². The van der Waals surface area contributed by atoms with E-state index < -0.39 is 0 Å². The molecule has 2 fully saturated rings. The largest absolute Gasteiger partial charge is 0.324 e. The van der Waals surface area contributed by atoms with Crippen LogP contribution in [-0.4, -0.2) is 52.0 Å². The lowest BCUT2D eigenvalue weighted by molar-refractivity contribution is 0.0585. The molecule has 2 aliphatic heterocycles. The molecule has 0 aliphatic carbocycles. The summed E-state index contributed by atoms with van der Waals surface area (Å²) in [6.07, 6.45) is 1.60. The Labute approximate surface area is 176 Å². The van der Waals surface area contributed by atoms with E-state index >= 15 is 0 Å². The van der Waals surface area contributed by atoms with Crippen molar-refractivity contribution in [2.24, 2.45) is 0 Å². The third kappa shape index (κ3) is 4.13. The fourth-order valence-corrected chi connectivity index (χ4v) is 5.52. The van der Waals surface area contributed by atoms with Crippen molar-refractivity contribution in [2.45, 2.75) is 31.6 Å². The predicted octanol–water partition coefficient (Wildman–Crippen LogP) is 4.52. The van der Waals surface area contributed by atoms with Crippen molar-refractivity contribution < 1.29 is 9.59 Å². The van der Waals surface area contributed by atoms with Crippen LogP contribution in [0.3, 0.4) is 0 Å². The van der Waals surface area contributed by atoms with Gasteiger partial charge in [-0.2, -0.15) is 0 Å². The summed E-state index contributed by atoms with van der Waals surface area (Å²) in [6, 6.07) is 15.6. The summed E-state index contributed by atoms with van der Waals surface area (Å²) in [7, 11) is 0. The minimum Gasteiger partial charge on any atom is -0.324 e. The Balaban J connectivity index is 1.40. The number of rotatable bonds is 2. The monoisotopic (exact) mass is 409 g/mol. The number of hydrogen-bond donors (Lipinski definition) is 1. The Bertz CT molecular complexity index is 887. The molecule has 29 heavy (non-hydrogen) atoms. The number of amides is 3. The second-order valence-electron chi connectivity index (χ2n) is 7.90. The first-order valence-corrected chi connectivity index (χ1v) is 11.1. The second-order valence-corrected chi connectivity index (χ2v) is 9.36. The molecule has 2 aromatic rings. The van der Waals surface area contributed by atoms with Gasteiger partial charge in [-0.05, 0) is 51.0 Å². The average molecular weight is 410 g/mol. The van der Waals surface area contributed by atoms with Gasteiger partial charge in [0, 0.05) is 36.6 Å². The first-order valence-electron chi connectivity index (χ1n) is 10.1. The van der Waals surface area contributed by atoms with E-state index in [1.165, 1.54) is 5.56 Å². The lowest BCUT2D eigenvalue weighted by Gasteiger charge is -2.44. The molecular weight excluding hydrogens is 382 g/mol. The number of piperidine rings is 1. The van der Waals surface area contributed by atoms with Crippen LogP contribution >= 0.6 is 11.8 Å². The first kappa shape index (κ1) is 19.8. The molecule has 6 heteroatoms. The molecule has 2 aromatic carbocycles. The SMILES string of the molecule is Cc1ccc(NC(=O)N2CCC3(CC2)SCCN3C(=O)c2ccc(C)cc2)cc1. The molecule has 2 saturated heterocycles. The number of urea groups is 1. The summed E-state index contributed by atoms with van der Waals surface area (Å²) in [5.74, 6) is 1.06. The molecule has 152 valence electrons. The standard InChI is InChI=1S/C23H27N3O2S/c1-17-3-7-19(8-4-17)21(27)26-15-16-29-23(26)11-13-25(14-12-23)22(28)24-20-9-5-18(2)6-10-20/h3-10H,11-16H2,1-2H3,(H,24,28). The number of likely N-dealkylation sites (tertiary alicyclic amines) is 1. The van der Waals surface area contributed by atoms with Gasteiger partial charge in [0.2, 0.25) is 0 Å². The third-order valence-electron chi connectivity index (χ3n) is 5.86. The van der Waals surface area contributed by atoms with Gasteiger partial charge in [0.15, 0.2) is 0 Å². The number of nitrogens with zero attached hydrogens (tertiary/aromatic N) is 2. The van der Waals surface area contributed by atoms with Crippen molar-refractivity contribution >= 4 is 29.4 Å². The van der Waals surface area contributed by atoms with Crippen LogP contribution in [0.1, 0.15) is 34.3 Å². The molecule has 0 radical (unpaired) electrons. The summed E-state index contributed by atoms with van der Waals surface area (Å²) in [5, 5.41) is 2.98. The van der Waals surface area contributed by atoms with Gasteiger partial charge < -0.3 is 15.1 Å². The number of thioether (sulfide) groups is 1. The van der Waals surface area contributed by atoms with Gasteiger partial charge in [0.1, 0.15) is 0 Å². The van der Waals surface area contributed by atoms with Gasteiger partial charge in [-0.3, -0.25) is 4.79 Å². The molecule has 3 amide bonds. The van der Waals surface area contributed by atoms with Crippen LogP contribution in [0.2, 0.25) is 0 Å². The highest BCUT2D eigenvalue weighted by Gasteiger charge is 2.47. The van der Waals surface area contributed by atoms with Crippen LogP contribution in [0, 0.1) is 13.8 Å². The maximum absolute atomic E-state index is 13.1. The number of nitrogens with one attached hydrogen (secondary N) is 1. The van der Waals surface area contributed by atoms with Crippen molar-refractivity contribution in [3.63, 3.8) is 0 Å². The van der Waals surface area contributed by atoms with Crippen LogP contribution < -0.4 is 5.32 Å². The Kier molecular flexibility index (Phi) is 5.54. The van der Waals surface area contributed by atoms with E-state index in [-0.39, 0.29) is 16.8 Å². The molecule has 0 aromatic heterocycles. The summed E-state index contributed by atoms with van der Waals surface area (Å²) in [6.45, 7) is 6.13. The van der Waals surface area contributed by atoms with Crippen LogP contribution in [-0.2, 0) is 0 Å². The lowest BCUT2D eigenvalue weighted by Crippen LogP contribution is -2.54. The van der Waals surface area contributed by atoms with Gasteiger partial charge in [0.05, 0.1) is 4.87 Å². The van der Waals surface area contributed by atoms with Crippen molar-refractivity contribution in [3.05, 3.63) is 65.2 Å². The molecule has 0 atom stereocenters. The maximum Gasteiger partial charge on any atom is 0.321 e. The summed E-state index contributed by atoms with van der Waals surface area (Å²) >= 11 is 1.87. The molecule has 4 rings (SSSR count). The lowest BCUT2D eigenvalue weighted by atomic mass is 10.0. The highest BCUT2D eigenvalue weighted by atomic mass is 32.2. The van der Waals surface area contributed by atoms with Crippen LogP contribution in [0.4, 0.5) is 10.5 Å². The normalized spacial score (nSPS) is 18.1. The zero-order valence-electron chi connectivity index (χ0n) is 17.0. The smallest absolute Gasteiger partial charge is 0.321 e. The molecular formula is C23H27N3O2S. The van der Waals surface area contributed by atoms with E-state index in [2.05, 4.69) is 5.32 Å². The Hall–Kier alpha value is -2.47. The summed E-state index contributed by atoms with van der Waals surface area (Å²) in [5.41, 5.74) is 3.88. The summed E-state index contributed by atoms with van der Waals surface area (Å²) in [4.78, 5) is 29.5. The van der Waals surface area contributed by atoms with Crippen molar-refractivity contribution in [1.29, 1.82) is 0 Å². The van der Waals surface area contributed by atoms with E-state index in [1.54, 1.807) is 0 Å². The zero-order chi connectivity index (χ0) is 20.4. The number of carbonyl (C=O) groups is 2. The van der Waals surface area contributed by atoms with E-state index in [1.807, 2.05) is 83.9 Å². The van der Waals surface area contributed by atoms with Crippen LogP contribution in [0.15, 0.2) is 48.5 Å². The molecule has 1 spiro atoms. The van der Waals surface area contributed by atoms with E-state index in [9.17, 15) is 9.59 Å². The number of carbonyl (C=O) groups excluding carboxylic acids is 2. The van der Waals surface area contributed by atoms with Gasteiger partial charge >= 0.3 is 6.03 Å². The van der Waals surface area contributed by atoms with Gasteiger partial charge in [-0.1, -0.05) is 35.4 Å². The Morgan fingerprint density at radius 1 is 0.897 bits per heavy atom. The highest BCUT2D eigenvalue weighted by molar-refractivity contribution is 8.00. The predicted molar refractivity (Wildman–Crippen MR) is 118 cm³/mol. The molecule has 0 saturated carbocycles. The van der Waals surface area contributed by atoms with E-state index in [4.69, 9.17) is 0 Å². The average Bonchev–Trinajstić information content (AvgIpc) is 3.13. The Morgan fingerprint density at radius 3 is 2.10 bits per heavy atom. The quantitative estimate of drug-likeness (QED) is 0.794. The van der Waals surface area contributed by atoms with Crippen molar-refractivity contribution in [3.8, 4) is 0 Å². The van der Waals surface area contributed by atoms with Crippen LogP contribution in [0.5, 0.6) is 0 Å². The molecule has 1 N–H and O–H groups in total. The zero-order valence-corrected chi connectivity index (χ0v) is 17.8. The number of anilines is 1. The van der Waals surface area contributed by atoms with Crippen molar-refractivity contribution in [2.75, 3.05) is 30.7 Å². The maximum atomic E-state index is 13.1. The van der Waals surface area contributed by atoms with Gasteiger partial charge in [-0.15, -0.1) is 11.8 Å². The van der Waals surface area contributed by atoms with Crippen molar-refractivity contribution in [1.82, 2.24) is 9.80 Å². The molecule has 2 heterocycles. The highest BCUT2D eigenvalue weighted by Crippen LogP contribution is 2.44. The van der Waals surface area contributed by atoms with E-state index in [0.717, 1.165) is 42.0 Å². The molecule has 0 unspecified atom stereocenters. The molecule has 0 bridgehead atoms. The first-order chi connectivity index (χ1) is 14.0. The fraction of sp³-hybridized carbons (Fsp3) is 0.391. The van der Waals surface area contributed by atoms with Crippen LogP contribution in [0.25, 0.3) is 0 Å². The fourth-order valence-electron chi connectivity index (χ4n) is 4.06. The number of hydrogen-bond acceptors (Lipinski definition) is 3. The second kappa shape index (κ2) is 8.11. The number of aryl methyl sites for hydroxylation is 2. The number of benzene rings is 2. The molecule has 2 aliphatic rings. The minimum absolute atomic E-state index is 0.0666. The molecule has 5 nitrogen and oxygen atoms in total. The van der Waals surface area contributed by atoms with Gasteiger partial charge in [0.25, 0.3) is 5.91 Å². The topological polar surface area (TPSA) is 52.7 Å². The minimum atomic E-state index is -0.192. The summed E-state index contributed by atoms with van der Waals surface area (Å²) < 4.78 is 0. The Morgan fingerprint density at radius 2 is 1.48 bits per heavy atom. The van der Waals surface area contributed by atoms with Gasteiger partial charge in [-0.25, -0.2) is 4.79 Å². The third-order valence-corrected chi connectivity index (χ3v) is 7.41.